The van der Waals surface area contributed by atoms with Crippen molar-refractivity contribution in [2.75, 3.05) is 25.0 Å². The van der Waals surface area contributed by atoms with Crippen molar-refractivity contribution in [3.8, 4) is 0 Å². The molecule has 0 aliphatic carbocycles. The highest BCUT2D eigenvalue weighted by atomic mass is 19.4. The molecule has 0 radical (unpaired) electrons. The van der Waals surface area contributed by atoms with Crippen LogP contribution in [0.1, 0.15) is 38.3 Å². The van der Waals surface area contributed by atoms with Gasteiger partial charge in [0.25, 0.3) is 5.69 Å². The van der Waals surface area contributed by atoms with E-state index < -0.39 is 62.2 Å². The number of nitro groups is 2. The second-order valence-corrected chi connectivity index (χ2v) is 9.87. The van der Waals surface area contributed by atoms with E-state index >= 15 is 0 Å². The highest BCUT2D eigenvalue weighted by Crippen LogP contribution is 2.35. The quantitative estimate of drug-likeness (QED) is 0.222. The van der Waals surface area contributed by atoms with Gasteiger partial charge in [-0.2, -0.15) is 30.7 Å². The molecular weight excluding hydrogens is 573 g/mol. The van der Waals surface area contributed by atoms with Crippen molar-refractivity contribution < 1.29 is 50.1 Å². The second-order valence-electron chi connectivity index (χ2n) is 9.87. The molecule has 1 saturated heterocycles. The van der Waals surface area contributed by atoms with E-state index in [1.54, 1.807) is 25.7 Å². The first-order chi connectivity index (χ1) is 18.7. The number of likely N-dealkylation sites (tertiary alicyclic amines) is 1. The van der Waals surface area contributed by atoms with Crippen LogP contribution in [0.25, 0.3) is 0 Å². The van der Waals surface area contributed by atoms with Gasteiger partial charge in [-0.25, -0.2) is 4.79 Å². The van der Waals surface area contributed by atoms with Crippen LogP contribution in [0.3, 0.4) is 0 Å². The Morgan fingerprint density at radius 1 is 0.951 bits per heavy atom. The number of alkyl halides is 6. The van der Waals surface area contributed by atoms with Gasteiger partial charge in [0.05, 0.1) is 21.0 Å². The third kappa shape index (κ3) is 9.75. The number of halogens is 7. The lowest BCUT2D eigenvalue weighted by Gasteiger charge is -2.24. The summed E-state index contributed by atoms with van der Waals surface area (Å²) >= 11 is 0. The van der Waals surface area contributed by atoms with Crippen LogP contribution in [0.5, 0.6) is 0 Å². The van der Waals surface area contributed by atoms with E-state index in [9.17, 15) is 55.8 Å². The lowest BCUT2D eigenvalue weighted by Crippen LogP contribution is -2.35. The summed E-state index contributed by atoms with van der Waals surface area (Å²) in [6.45, 7) is 6.51. The molecule has 1 atom stereocenters. The summed E-state index contributed by atoms with van der Waals surface area (Å²) in [5.41, 5.74) is -4.72. The van der Waals surface area contributed by atoms with Crippen LogP contribution in [0, 0.1) is 32.0 Å². The molecule has 0 aromatic heterocycles. The zero-order valence-electron chi connectivity index (χ0n) is 21.8. The molecule has 3 rings (SSSR count). The van der Waals surface area contributed by atoms with Crippen LogP contribution in [0.15, 0.2) is 36.4 Å². The molecule has 2 aromatic rings. The third-order valence-electron chi connectivity index (χ3n) is 5.51. The summed E-state index contributed by atoms with van der Waals surface area (Å²) < 4.78 is 92.2. The van der Waals surface area contributed by atoms with Gasteiger partial charge in [-0.05, 0) is 57.4 Å². The Bertz CT molecular complexity index is 1280. The Morgan fingerprint density at radius 2 is 1.46 bits per heavy atom. The van der Waals surface area contributed by atoms with Crippen molar-refractivity contribution in [1.29, 1.82) is 0 Å². The summed E-state index contributed by atoms with van der Waals surface area (Å²) in [5, 5.41) is 24.0. The normalized spacial score (nSPS) is 15.6. The SMILES string of the molecule is CC(C)(C)OC(=O)N1CC[C@@H](CNc2ccc(C(F)(F)F)cc2[N+](=O)[O-])C1.O=[N+]([O-])c1cc(C(F)(F)F)ccc1F. The van der Waals surface area contributed by atoms with Gasteiger partial charge in [0.2, 0.25) is 5.82 Å². The van der Waals surface area contributed by atoms with Crippen LogP contribution in [0.2, 0.25) is 0 Å². The summed E-state index contributed by atoms with van der Waals surface area (Å²) in [6, 6.07) is 3.40. The molecule has 0 spiro atoms. The molecule has 1 aliphatic rings. The number of hydrogen-bond donors (Lipinski definition) is 1. The number of anilines is 1. The maximum absolute atomic E-state index is 12.7. The van der Waals surface area contributed by atoms with Gasteiger partial charge < -0.3 is 15.0 Å². The minimum Gasteiger partial charge on any atom is -0.444 e. The van der Waals surface area contributed by atoms with E-state index in [2.05, 4.69) is 5.32 Å². The molecule has 226 valence electrons. The molecule has 17 heteroatoms. The van der Waals surface area contributed by atoms with Crippen molar-refractivity contribution in [1.82, 2.24) is 4.90 Å². The van der Waals surface area contributed by atoms with Gasteiger partial charge in [0, 0.05) is 31.8 Å². The third-order valence-corrected chi connectivity index (χ3v) is 5.51. The van der Waals surface area contributed by atoms with Crippen molar-refractivity contribution in [3.05, 3.63) is 73.6 Å². The van der Waals surface area contributed by atoms with Gasteiger partial charge in [0.1, 0.15) is 11.3 Å². The molecule has 41 heavy (non-hydrogen) atoms. The number of rotatable bonds is 5. The first-order valence-corrected chi connectivity index (χ1v) is 11.8. The smallest absolute Gasteiger partial charge is 0.416 e. The van der Waals surface area contributed by atoms with E-state index in [0.29, 0.717) is 44.3 Å². The van der Waals surface area contributed by atoms with Crippen LogP contribution >= 0.6 is 0 Å². The van der Waals surface area contributed by atoms with Gasteiger partial charge in [-0.1, -0.05) is 0 Å². The van der Waals surface area contributed by atoms with Crippen LogP contribution in [0.4, 0.5) is 52.6 Å². The number of nitrogens with one attached hydrogen (secondary N) is 1. The average Bonchev–Trinajstić information content (AvgIpc) is 3.30. The number of nitro benzene ring substituents is 2. The zero-order chi connectivity index (χ0) is 31.3. The standard InChI is InChI=1S/C17H22F3N3O4.C7H3F4NO2/c1-16(2,3)27-15(24)22-7-6-11(10-22)9-21-13-5-4-12(17(18,19)20)8-14(13)23(25)26;8-5-2-1-4(7(9,10)11)3-6(5)12(13)14/h4-5,8,11,21H,6-7,9-10H2,1-3H3;1-3H/t11-;/m0./s1. The molecule has 2 aromatic carbocycles. The number of ether oxygens (including phenoxy) is 1. The van der Waals surface area contributed by atoms with Gasteiger partial charge >= 0.3 is 24.1 Å². The molecule has 0 saturated carbocycles. The maximum Gasteiger partial charge on any atom is 0.416 e. The Morgan fingerprint density at radius 3 is 1.95 bits per heavy atom. The van der Waals surface area contributed by atoms with Gasteiger partial charge in [0.15, 0.2) is 0 Å². The maximum atomic E-state index is 12.7. The highest BCUT2D eigenvalue weighted by molar-refractivity contribution is 5.68. The first-order valence-electron chi connectivity index (χ1n) is 11.8. The van der Waals surface area contributed by atoms with E-state index in [4.69, 9.17) is 4.74 Å². The van der Waals surface area contributed by atoms with E-state index in [1.807, 2.05) is 0 Å². The van der Waals surface area contributed by atoms with Crippen molar-refractivity contribution in [2.45, 2.75) is 45.1 Å². The predicted molar refractivity (Wildman–Crippen MR) is 131 cm³/mol. The molecule has 1 aliphatic heterocycles. The van der Waals surface area contributed by atoms with Crippen molar-refractivity contribution >= 4 is 23.2 Å². The summed E-state index contributed by atoms with van der Waals surface area (Å²) in [5.74, 6) is -1.28. The first kappa shape index (κ1) is 33.0. The number of benzene rings is 2. The fourth-order valence-corrected chi connectivity index (χ4v) is 3.58. The summed E-state index contributed by atoms with van der Waals surface area (Å²) in [4.78, 5) is 32.7. The van der Waals surface area contributed by atoms with Crippen LogP contribution in [-0.2, 0) is 17.1 Å². The van der Waals surface area contributed by atoms with Crippen LogP contribution in [-0.4, -0.2) is 46.1 Å². The Hall–Kier alpha value is -4.18. The fraction of sp³-hybridized carbons (Fsp3) is 0.458. The van der Waals surface area contributed by atoms with E-state index in [0.717, 1.165) is 12.1 Å². The summed E-state index contributed by atoms with van der Waals surface area (Å²) in [7, 11) is 0. The lowest BCUT2D eigenvalue weighted by atomic mass is 10.1. The highest BCUT2D eigenvalue weighted by Gasteiger charge is 2.34. The number of nitrogens with zero attached hydrogens (tertiary/aromatic N) is 3. The molecule has 1 amide bonds. The minimum absolute atomic E-state index is 0.0133. The average molecular weight is 598 g/mol. The zero-order valence-corrected chi connectivity index (χ0v) is 21.8. The molecular formula is C24H25F7N4O6. The molecule has 0 bridgehead atoms. The topological polar surface area (TPSA) is 128 Å². The summed E-state index contributed by atoms with van der Waals surface area (Å²) in [6.07, 6.45) is -9.12. The minimum atomic E-state index is -4.71. The Labute approximate surface area is 228 Å². The van der Waals surface area contributed by atoms with Gasteiger partial charge in [-0.15, -0.1) is 0 Å². The molecule has 1 heterocycles. The van der Waals surface area contributed by atoms with Gasteiger partial charge in [-0.3, -0.25) is 20.2 Å². The lowest BCUT2D eigenvalue weighted by molar-refractivity contribution is -0.387. The second kappa shape index (κ2) is 12.6. The molecule has 1 fully saturated rings. The monoisotopic (exact) mass is 598 g/mol. The largest absolute Gasteiger partial charge is 0.444 e. The van der Waals surface area contributed by atoms with E-state index in [1.165, 1.54) is 0 Å². The van der Waals surface area contributed by atoms with Crippen molar-refractivity contribution in [3.63, 3.8) is 0 Å². The Balaban J connectivity index is 0.000000353. The van der Waals surface area contributed by atoms with Crippen molar-refractivity contribution in [2.24, 2.45) is 5.92 Å². The number of hydrogen-bond acceptors (Lipinski definition) is 7. The molecule has 10 nitrogen and oxygen atoms in total. The van der Waals surface area contributed by atoms with Crippen LogP contribution < -0.4 is 5.32 Å². The number of carbonyl (C=O) groups excluding carboxylic acids is 1. The Kier molecular flexibility index (Phi) is 10.1. The van der Waals surface area contributed by atoms with E-state index in [-0.39, 0.29) is 17.7 Å². The number of carbonyl (C=O) groups is 1. The fourth-order valence-electron chi connectivity index (χ4n) is 3.58. The molecule has 1 N–H and O–H groups in total. The predicted octanol–water partition coefficient (Wildman–Crippen LogP) is 7.04. The molecule has 0 unspecified atom stereocenters. The number of amides is 1.